The number of rotatable bonds is 9. The van der Waals surface area contributed by atoms with Crippen molar-refractivity contribution in [3.05, 3.63) is 99.7 Å². The first-order chi connectivity index (χ1) is 18.1. The van der Waals surface area contributed by atoms with Crippen LogP contribution >= 0.6 is 11.6 Å². The first-order valence-electron chi connectivity index (χ1n) is 11.4. The van der Waals surface area contributed by atoms with Gasteiger partial charge in [0.05, 0.1) is 19.0 Å². The fourth-order valence-corrected chi connectivity index (χ4v) is 4.00. The maximum absolute atomic E-state index is 12.7. The van der Waals surface area contributed by atoms with Crippen LogP contribution < -0.4 is 19.9 Å². The van der Waals surface area contributed by atoms with E-state index in [0.29, 0.717) is 24.2 Å². The minimum Gasteiger partial charge on any atom is -0.497 e. The largest absolute Gasteiger partial charge is 0.497 e. The van der Waals surface area contributed by atoms with Crippen molar-refractivity contribution < 1.29 is 27.4 Å². The van der Waals surface area contributed by atoms with Gasteiger partial charge in [0.25, 0.3) is 0 Å². The number of hydrogen-bond donors (Lipinski definition) is 0. The zero-order chi connectivity index (χ0) is 27.3. The molecule has 11 heteroatoms. The minimum absolute atomic E-state index is 0.0233. The molecule has 0 spiro atoms. The van der Waals surface area contributed by atoms with E-state index in [1.807, 2.05) is 18.2 Å². The third-order valence-electron chi connectivity index (χ3n) is 5.61. The van der Waals surface area contributed by atoms with Gasteiger partial charge in [0, 0.05) is 23.2 Å². The molecule has 0 saturated carbocycles. The highest BCUT2D eigenvalue weighted by molar-refractivity contribution is 6.30. The van der Waals surface area contributed by atoms with Crippen LogP contribution in [0.15, 0.2) is 82.8 Å². The number of halogens is 4. The minimum atomic E-state index is -4.52. The molecule has 1 aromatic carbocycles. The second-order valence-electron chi connectivity index (χ2n) is 8.23. The zero-order valence-corrected chi connectivity index (χ0v) is 21.1. The monoisotopic (exact) mass is 545 g/mol. The molecule has 198 valence electrons. The number of benzene rings is 1. The van der Waals surface area contributed by atoms with Gasteiger partial charge in [-0.15, -0.1) is 0 Å². The predicted molar refractivity (Wildman–Crippen MR) is 137 cm³/mol. The second kappa shape index (κ2) is 11.6. The normalized spacial score (nSPS) is 13.1. The number of allylic oxidation sites excluding steroid dienone is 2. The molecular weight excluding hydrogens is 523 g/mol. The molecule has 0 aliphatic carbocycles. The average molecular weight is 546 g/mol. The number of hydrogen-bond acceptors (Lipinski definition) is 6. The van der Waals surface area contributed by atoms with Crippen molar-refractivity contribution in [2.24, 2.45) is 0 Å². The molecule has 7 nitrogen and oxygen atoms in total. The smallest absolute Gasteiger partial charge is 0.433 e. The maximum atomic E-state index is 12.7. The summed E-state index contributed by atoms with van der Waals surface area (Å²) < 4.78 is 56.0. The Labute approximate surface area is 221 Å². The van der Waals surface area contributed by atoms with Crippen LogP contribution in [0.5, 0.6) is 17.4 Å². The number of ether oxygens (including phenoxy) is 3. The molecule has 1 aliphatic rings. The van der Waals surface area contributed by atoms with E-state index in [0.717, 1.165) is 29.1 Å². The van der Waals surface area contributed by atoms with Crippen molar-refractivity contribution in [2.45, 2.75) is 19.1 Å². The number of aromatic nitrogens is 3. The zero-order valence-electron chi connectivity index (χ0n) is 20.3. The van der Waals surface area contributed by atoms with E-state index >= 15 is 0 Å². The lowest BCUT2D eigenvalue weighted by Gasteiger charge is -2.22. The molecule has 38 heavy (non-hydrogen) atoms. The van der Waals surface area contributed by atoms with E-state index in [9.17, 15) is 18.0 Å². The topological polar surface area (TPSA) is 75.5 Å². The summed E-state index contributed by atoms with van der Waals surface area (Å²) in [6.45, 7) is 4.23. The number of alkyl halides is 3. The van der Waals surface area contributed by atoms with E-state index in [2.05, 4.69) is 16.5 Å². The molecule has 4 rings (SSSR count). The van der Waals surface area contributed by atoms with E-state index in [1.54, 1.807) is 36.0 Å². The Morgan fingerprint density at radius 3 is 2.66 bits per heavy atom. The Morgan fingerprint density at radius 2 is 1.97 bits per heavy atom. The first-order valence-corrected chi connectivity index (χ1v) is 11.8. The van der Waals surface area contributed by atoms with Gasteiger partial charge < -0.3 is 14.2 Å². The lowest BCUT2D eigenvalue weighted by molar-refractivity contribution is -0.141. The van der Waals surface area contributed by atoms with Crippen molar-refractivity contribution >= 4 is 11.6 Å². The van der Waals surface area contributed by atoms with Gasteiger partial charge in [-0.2, -0.15) is 18.2 Å². The third kappa shape index (κ3) is 6.63. The average Bonchev–Trinajstić information content (AvgIpc) is 2.88. The van der Waals surface area contributed by atoms with Gasteiger partial charge in [0.2, 0.25) is 5.88 Å². The van der Waals surface area contributed by atoms with Crippen LogP contribution in [0.4, 0.5) is 13.2 Å². The van der Waals surface area contributed by atoms with E-state index < -0.39 is 17.6 Å². The first kappa shape index (κ1) is 27.0. The van der Waals surface area contributed by atoms with Crippen molar-refractivity contribution in [3.8, 4) is 28.6 Å². The molecule has 0 radical (unpaired) electrons. The number of fused-ring (bicyclic) bond motifs is 3. The summed E-state index contributed by atoms with van der Waals surface area (Å²) in [4.78, 5) is 20.1. The Hall–Kier alpha value is -4.05. The highest BCUT2D eigenvalue weighted by Gasteiger charge is 2.32. The Balaban J connectivity index is 1.43. The highest BCUT2D eigenvalue weighted by Crippen LogP contribution is 2.32. The quantitative estimate of drug-likeness (QED) is 0.327. The Kier molecular flexibility index (Phi) is 8.21. The van der Waals surface area contributed by atoms with Crippen LogP contribution in [0.25, 0.3) is 11.3 Å². The second-order valence-corrected chi connectivity index (χ2v) is 8.72. The SMILES string of the molecule is C=C(Cl)/C=C(\C=C/COc1ccc(C(F)(F)F)nc1)COc1cc2n(c(=O)n1)CCc1cc(OC)ccc1-2. The fourth-order valence-electron chi connectivity index (χ4n) is 3.86. The maximum Gasteiger partial charge on any atom is 0.433 e. The predicted octanol–water partition coefficient (Wildman–Crippen LogP) is 5.58. The number of aryl methyl sites for hydroxylation is 1. The van der Waals surface area contributed by atoms with Gasteiger partial charge in [0.15, 0.2) is 0 Å². The molecule has 0 saturated heterocycles. The molecule has 0 N–H and O–H groups in total. The molecule has 3 aromatic rings. The molecule has 0 fully saturated rings. The van der Waals surface area contributed by atoms with Crippen LogP contribution in [-0.2, 0) is 19.1 Å². The van der Waals surface area contributed by atoms with Gasteiger partial charge in [-0.05, 0) is 60.0 Å². The van der Waals surface area contributed by atoms with Crippen molar-refractivity contribution in [2.75, 3.05) is 20.3 Å². The molecular formula is C27H23ClF3N3O4. The summed E-state index contributed by atoms with van der Waals surface area (Å²) in [5.74, 6) is 1.07. The standard InChI is InChI=1S/C27H23ClF3N3O4/c1-17(28)12-18(4-3-11-37-21-6-8-24(32-15-21)27(29,30)31)16-38-25-14-23-22-7-5-20(36-2)13-19(22)9-10-34(23)26(35)33-25/h3-8,12-15H,1,9-11,16H2,2H3/b4-3-,18-12+. The summed E-state index contributed by atoms with van der Waals surface area (Å²) in [6, 6.07) is 9.44. The van der Waals surface area contributed by atoms with Gasteiger partial charge in [-0.1, -0.05) is 24.3 Å². The molecule has 0 atom stereocenters. The summed E-state index contributed by atoms with van der Waals surface area (Å²) in [5.41, 5.74) is 1.85. The summed E-state index contributed by atoms with van der Waals surface area (Å²) in [7, 11) is 1.60. The van der Waals surface area contributed by atoms with E-state index in [4.69, 9.17) is 25.8 Å². The molecule has 1 aliphatic heterocycles. The summed E-state index contributed by atoms with van der Waals surface area (Å²) in [6.07, 6.45) is 2.04. The number of methoxy groups -OCH3 is 1. The lowest BCUT2D eigenvalue weighted by atomic mass is 9.97. The molecule has 2 aromatic heterocycles. The summed E-state index contributed by atoms with van der Waals surface area (Å²) in [5, 5.41) is 0.252. The fraction of sp³-hybridized carbons (Fsp3) is 0.222. The van der Waals surface area contributed by atoms with E-state index in [1.165, 1.54) is 6.07 Å². The van der Waals surface area contributed by atoms with Gasteiger partial charge in [-0.3, -0.25) is 4.57 Å². The van der Waals surface area contributed by atoms with Crippen LogP contribution in [0.2, 0.25) is 0 Å². The molecule has 0 amide bonds. The van der Waals surface area contributed by atoms with Gasteiger partial charge in [0.1, 0.15) is 30.4 Å². The van der Waals surface area contributed by atoms with Gasteiger partial charge >= 0.3 is 11.9 Å². The van der Waals surface area contributed by atoms with Gasteiger partial charge in [-0.25, -0.2) is 9.78 Å². The van der Waals surface area contributed by atoms with Crippen LogP contribution in [0, 0.1) is 0 Å². The number of pyridine rings is 1. The molecule has 0 bridgehead atoms. The van der Waals surface area contributed by atoms with E-state index in [-0.39, 0.29) is 29.9 Å². The van der Waals surface area contributed by atoms with Crippen molar-refractivity contribution in [1.29, 1.82) is 0 Å². The Morgan fingerprint density at radius 1 is 1.18 bits per heavy atom. The lowest BCUT2D eigenvalue weighted by Crippen LogP contribution is -2.28. The Bertz CT molecular complexity index is 1450. The van der Waals surface area contributed by atoms with Crippen molar-refractivity contribution in [1.82, 2.24) is 14.5 Å². The number of nitrogens with zero attached hydrogens (tertiary/aromatic N) is 3. The van der Waals surface area contributed by atoms with Crippen LogP contribution in [0.3, 0.4) is 0 Å². The molecule has 0 unspecified atom stereocenters. The highest BCUT2D eigenvalue weighted by atomic mass is 35.5. The van der Waals surface area contributed by atoms with Crippen LogP contribution in [0.1, 0.15) is 11.3 Å². The molecule has 3 heterocycles. The summed E-state index contributed by atoms with van der Waals surface area (Å²) >= 11 is 5.94. The van der Waals surface area contributed by atoms with Crippen LogP contribution in [-0.4, -0.2) is 34.9 Å². The van der Waals surface area contributed by atoms with Crippen molar-refractivity contribution in [3.63, 3.8) is 0 Å². The third-order valence-corrected chi connectivity index (χ3v) is 5.72.